The largest absolute Gasteiger partial charge is 0.542 e. The molecule has 0 heterocycles. The van der Waals surface area contributed by atoms with Crippen molar-refractivity contribution in [3.63, 3.8) is 0 Å². The van der Waals surface area contributed by atoms with E-state index in [9.17, 15) is 18.0 Å². The summed E-state index contributed by atoms with van der Waals surface area (Å²) in [5.41, 5.74) is 5.14. The highest BCUT2D eigenvalue weighted by Gasteiger charge is 2.28. The van der Waals surface area contributed by atoms with Crippen LogP contribution in [-0.4, -0.2) is 30.6 Å². The first-order valence-corrected chi connectivity index (χ1v) is 7.47. The predicted octanol–water partition coefficient (Wildman–Crippen LogP) is 0.301. The third-order valence-corrected chi connectivity index (χ3v) is 2.91. The molecule has 0 aliphatic rings. The number of carbonyl (C=O) groups is 2. The van der Waals surface area contributed by atoms with Crippen LogP contribution in [0.2, 0.25) is 0 Å². The molecule has 1 aromatic rings. The van der Waals surface area contributed by atoms with Crippen LogP contribution in [0, 0.1) is 5.92 Å². The molecule has 1 amide bonds. The number of carboxylic acid groups (broad SMARTS) is 1. The fourth-order valence-electron chi connectivity index (χ4n) is 1.80. The number of benzene rings is 1. The first-order chi connectivity index (χ1) is 11.0. The summed E-state index contributed by atoms with van der Waals surface area (Å²) in [4.78, 5) is 20.5. The molecule has 24 heavy (non-hydrogen) atoms. The summed E-state index contributed by atoms with van der Waals surface area (Å²) in [6, 6.07) is 10.0. The summed E-state index contributed by atoms with van der Waals surface area (Å²) in [6.45, 7) is 4.90. The van der Waals surface area contributed by atoms with Gasteiger partial charge in [0.2, 0.25) is 0 Å². The molecule has 0 aliphatic heterocycles. The standard InChI is InChI=1S/C14H22N2O.C2HF3O2/c1-11(2)10-13(15)14(17)16-9-8-12-6-4-3-5-7-12;3-2(4,5)1(6)7/h3-7,11,13H,8-10,15H2,1-2H3,(H,16,17);(H,6,7)/t13-;/m1./s1. The molecule has 136 valence electrons. The van der Waals surface area contributed by atoms with Crippen molar-refractivity contribution in [3.05, 3.63) is 35.9 Å². The molecule has 1 atom stereocenters. The Morgan fingerprint density at radius 3 is 2.12 bits per heavy atom. The summed E-state index contributed by atoms with van der Waals surface area (Å²) in [7, 11) is 0. The second kappa shape index (κ2) is 10.6. The number of carbonyl (C=O) groups excluding carboxylic acids is 2. The normalized spacial score (nSPS) is 12.1. The zero-order chi connectivity index (χ0) is 18.8. The van der Waals surface area contributed by atoms with Crippen LogP contribution in [0.25, 0.3) is 0 Å². The first-order valence-electron chi connectivity index (χ1n) is 7.47. The summed E-state index contributed by atoms with van der Waals surface area (Å²) in [5, 5.41) is 11.7. The van der Waals surface area contributed by atoms with Crippen molar-refractivity contribution in [1.29, 1.82) is 0 Å². The number of hydrogen-bond donors (Lipinski definition) is 2. The number of nitrogens with one attached hydrogen (secondary N) is 1. The molecule has 8 heteroatoms. The lowest BCUT2D eigenvalue weighted by atomic mass is 10.0. The average molecular weight is 348 g/mol. The Kier molecular flexibility index (Phi) is 9.71. The molecule has 0 radical (unpaired) electrons. The van der Waals surface area contributed by atoms with Gasteiger partial charge in [-0.25, -0.2) is 0 Å². The van der Waals surface area contributed by atoms with Crippen LogP contribution in [0.5, 0.6) is 0 Å². The minimum Gasteiger partial charge on any atom is -0.542 e. The number of amides is 1. The lowest BCUT2D eigenvalue weighted by Gasteiger charge is -2.11. The fraction of sp³-hybridized carbons (Fsp3) is 0.500. The van der Waals surface area contributed by atoms with Crippen LogP contribution in [0.3, 0.4) is 0 Å². The lowest BCUT2D eigenvalue weighted by molar-refractivity contribution is -0.406. The van der Waals surface area contributed by atoms with Crippen molar-refractivity contribution in [2.45, 2.75) is 38.9 Å². The van der Waals surface area contributed by atoms with Gasteiger partial charge in [-0.3, -0.25) is 4.79 Å². The second-order valence-electron chi connectivity index (χ2n) is 5.64. The van der Waals surface area contributed by atoms with Crippen LogP contribution < -0.4 is 16.2 Å². The van der Waals surface area contributed by atoms with Gasteiger partial charge in [0.1, 0.15) is 5.97 Å². The Labute approximate surface area is 139 Å². The Bertz CT molecular complexity index is 505. The van der Waals surface area contributed by atoms with Crippen molar-refractivity contribution < 1.29 is 33.6 Å². The van der Waals surface area contributed by atoms with Gasteiger partial charge in [-0.2, -0.15) is 13.2 Å². The van der Waals surface area contributed by atoms with E-state index in [1.54, 1.807) is 0 Å². The minimum absolute atomic E-state index is 0.0645. The van der Waals surface area contributed by atoms with E-state index < -0.39 is 12.1 Å². The smallest absolute Gasteiger partial charge is 0.430 e. The average Bonchev–Trinajstić information content (AvgIpc) is 2.47. The number of aliphatic carboxylic acids is 1. The molecule has 0 fully saturated rings. The van der Waals surface area contributed by atoms with Crippen LogP contribution in [0.4, 0.5) is 13.2 Å². The molecule has 4 N–H and O–H groups in total. The Morgan fingerprint density at radius 2 is 1.71 bits per heavy atom. The SMILES string of the molecule is CC(C)C[C@@H]([NH3+])C(=O)NCCc1ccccc1.O=C([O-])C(F)(F)F. The van der Waals surface area contributed by atoms with Gasteiger partial charge in [0.05, 0.1) is 0 Å². The number of rotatable bonds is 6. The van der Waals surface area contributed by atoms with Gasteiger partial charge in [-0.05, 0) is 17.9 Å². The topological polar surface area (TPSA) is 96.9 Å². The second-order valence-corrected chi connectivity index (χ2v) is 5.64. The molecule has 0 spiro atoms. The molecule has 1 aromatic carbocycles. The molecular formula is C16H23F3N2O3. The van der Waals surface area contributed by atoms with Gasteiger partial charge in [-0.15, -0.1) is 0 Å². The van der Waals surface area contributed by atoms with Crippen LogP contribution in [-0.2, 0) is 16.0 Å². The van der Waals surface area contributed by atoms with Crippen molar-refractivity contribution in [2.75, 3.05) is 6.54 Å². The van der Waals surface area contributed by atoms with E-state index in [1.165, 1.54) is 5.56 Å². The molecular weight excluding hydrogens is 325 g/mol. The van der Waals surface area contributed by atoms with Gasteiger partial charge in [0.15, 0.2) is 6.04 Å². The summed E-state index contributed by atoms with van der Waals surface area (Å²) in [5.74, 6) is -2.43. The fourth-order valence-corrected chi connectivity index (χ4v) is 1.80. The van der Waals surface area contributed by atoms with Crippen LogP contribution in [0.1, 0.15) is 25.8 Å². The first kappa shape index (κ1) is 21.9. The third-order valence-electron chi connectivity index (χ3n) is 2.91. The van der Waals surface area contributed by atoms with E-state index in [-0.39, 0.29) is 11.9 Å². The quantitative estimate of drug-likeness (QED) is 0.774. The monoisotopic (exact) mass is 348 g/mol. The molecule has 0 saturated carbocycles. The van der Waals surface area contributed by atoms with Crippen molar-refractivity contribution in [3.8, 4) is 0 Å². The van der Waals surface area contributed by atoms with E-state index in [0.29, 0.717) is 12.5 Å². The van der Waals surface area contributed by atoms with Gasteiger partial charge in [0, 0.05) is 13.0 Å². The van der Waals surface area contributed by atoms with Crippen molar-refractivity contribution in [1.82, 2.24) is 5.32 Å². The number of carboxylic acids is 1. The Hall–Kier alpha value is -2.09. The molecule has 0 aliphatic carbocycles. The highest BCUT2D eigenvalue weighted by Crippen LogP contribution is 2.11. The lowest BCUT2D eigenvalue weighted by Crippen LogP contribution is -2.67. The molecule has 0 bridgehead atoms. The highest BCUT2D eigenvalue weighted by molar-refractivity contribution is 5.80. The summed E-state index contributed by atoms with van der Waals surface area (Å²) >= 11 is 0. The zero-order valence-corrected chi connectivity index (χ0v) is 13.7. The molecule has 1 rings (SSSR count). The van der Waals surface area contributed by atoms with Gasteiger partial charge in [-0.1, -0.05) is 44.2 Å². The molecule has 5 nitrogen and oxygen atoms in total. The van der Waals surface area contributed by atoms with Crippen LogP contribution >= 0.6 is 0 Å². The van der Waals surface area contributed by atoms with E-state index in [4.69, 9.17) is 9.90 Å². The van der Waals surface area contributed by atoms with Crippen molar-refractivity contribution in [2.24, 2.45) is 5.92 Å². The maximum absolute atomic E-state index is 11.7. The van der Waals surface area contributed by atoms with E-state index in [0.717, 1.165) is 12.8 Å². The van der Waals surface area contributed by atoms with E-state index in [1.807, 2.05) is 18.2 Å². The zero-order valence-electron chi connectivity index (χ0n) is 13.7. The van der Waals surface area contributed by atoms with E-state index in [2.05, 4.69) is 37.0 Å². The summed E-state index contributed by atoms with van der Waals surface area (Å²) < 4.78 is 31.5. The third kappa shape index (κ3) is 10.6. The number of hydrogen-bond acceptors (Lipinski definition) is 3. The Morgan fingerprint density at radius 1 is 1.21 bits per heavy atom. The molecule has 0 unspecified atom stereocenters. The number of quaternary nitrogens is 1. The highest BCUT2D eigenvalue weighted by atomic mass is 19.4. The van der Waals surface area contributed by atoms with Gasteiger partial charge in [0.25, 0.3) is 5.91 Å². The van der Waals surface area contributed by atoms with Crippen LogP contribution in [0.15, 0.2) is 30.3 Å². The maximum Gasteiger partial charge on any atom is 0.430 e. The number of halogens is 3. The summed E-state index contributed by atoms with van der Waals surface area (Å²) in [6.07, 6.45) is -3.47. The van der Waals surface area contributed by atoms with Crippen molar-refractivity contribution >= 4 is 11.9 Å². The Balaban J connectivity index is 0.000000640. The molecule has 0 aromatic heterocycles. The van der Waals surface area contributed by atoms with E-state index >= 15 is 0 Å². The predicted molar refractivity (Wildman–Crippen MR) is 80.3 cm³/mol. The molecule has 0 saturated heterocycles. The van der Waals surface area contributed by atoms with Gasteiger partial charge >= 0.3 is 6.18 Å². The maximum atomic E-state index is 11.7. The minimum atomic E-state index is -5.19. The number of alkyl halides is 3. The van der Waals surface area contributed by atoms with Gasteiger partial charge < -0.3 is 21.0 Å².